The molecule has 10 aliphatic rings. The van der Waals surface area contributed by atoms with E-state index in [-0.39, 0.29) is 25.2 Å². The third-order valence-corrected chi connectivity index (χ3v) is 21.4. The third kappa shape index (κ3) is 12.5. The molecule has 4 saturated carbocycles. The molecule has 2 bridgehead atoms. The summed E-state index contributed by atoms with van der Waals surface area (Å²) in [6.07, 6.45) is -52.3. The molecule has 6 saturated heterocycles. The van der Waals surface area contributed by atoms with Gasteiger partial charge in [-0.25, -0.2) is 4.89 Å². The summed E-state index contributed by atoms with van der Waals surface area (Å²) in [5.41, 5.74) is -3.27. The number of carbonyl (C=O) groups is 1. The van der Waals surface area contributed by atoms with Crippen molar-refractivity contribution in [2.75, 3.05) is 39.6 Å². The summed E-state index contributed by atoms with van der Waals surface area (Å²) in [5, 5.41) is 214. The van der Waals surface area contributed by atoms with Crippen LogP contribution < -0.4 is 0 Å². The second kappa shape index (κ2) is 27.8. The fourth-order valence-electron chi connectivity index (χ4n) is 16.5. The first-order chi connectivity index (χ1) is 42.6. The van der Waals surface area contributed by atoms with Crippen LogP contribution in [0.3, 0.4) is 0 Å². The Kier molecular flexibility index (Phi) is 21.9. The first-order valence-electron chi connectivity index (χ1n) is 30.6. The van der Waals surface area contributed by atoms with E-state index in [9.17, 15) is 102 Å². The lowest BCUT2D eigenvalue weighted by molar-refractivity contribution is -0.400. The maximum atomic E-state index is 15.4. The molecule has 6 heterocycles. The van der Waals surface area contributed by atoms with E-state index < -0.39 is 258 Å². The topological polar surface area (TPSA) is 542 Å². The number of ether oxygens (including phenoxy) is 12. The van der Waals surface area contributed by atoms with Crippen molar-refractivity contribution < 1.29 is 169 Å². The van der Waals surface area contributed by atoms with Gasteiger partial charge in [0.1, 0.15) is 147 Å². The first-order valence-corrected chi connectivity index (χ1v) is 30.6. The van der Waals surface area contributed by atoms with Crippen molar-refractivity contribution in [1.82, 2.24) is 0 Å². The van der Waals surface area contributed by atoms with Gasteiger partial charge in [-0.05, 0) is 86.5 Å². The monoisotopic (exact) mass is 1310 g/mol. The molecule has 0 amide bonds. The highest BCUT2D eigenvalue weighted by Crippen LogP contribution is 2.74. The van der Waals surface area contributed by atoms with Crippen LogP contribution in [0.4, 0.5) is 0 Å². The van der Waals surface area contributed by atoms with E-state index in [0.717, 1.165) is 0 Å². The van der Waals surface area contributed by atoms with Gasteiger partial charge in [0.25, 0.3) is 0 Å². The maximum absolute atomic E-state index is 15.4. The maximum Gasteiger partial charge on any atom is 0.314 e. The van der Waals surface area contributed by atoms with Gasteiger partial charge in [-0.1, -0.05) is 19.9 Å². The van der Waals surface area contributed by atoms with Crippen LogP contribution in [0, 0.1) is 28.1 Å². The minimum Gasteiger partial charge on any atom is -0.432 e. The van der Waals surface area contributed by atoms with E-state index >= 15 is 4.79 Å². The molecule has 0 aromatic heterocycles. The van der Waals surface area contributed by atoms with Crippen LogP contribution in [-0.4, -0.2) is 338 Å². The molecular weight excluding hydrogens is 1220 g/mol. The molecule has 0 aromatic rings. The van der Waals surface area contributed by atoms with Crippen LogP contribution >= 0.6 is 0 Å². The SMILES string of the molecule is C=C1CC23CCC4[C@](C)(C(=O)OC5OC(CO)C(O)C(OC6OC(COO)C(O)C(O)C6O)C5OC5OC(CO)C(O)C(O)C5O)CCC[C@@]4(C)[C@@H]2CC[C@]1(OC1OC(CO)C(O)C(OC2OC(CO)C(O)C(O)C2O)C1OC1OC(CO)C(O)C(O)C1O)C3. The summed E-state index contributed by atoms with van der Waals surface area (Å²) in [5.74, 6) is -1.46. The van der Waals surface area contributed by atoms with Crippen LogP contribution in [0.25, 0.3) is 0 Å². The van der Waals surface area contributed by atoms with Gasteiger partial charge >= 0.3 is 5.97 Å². The van der Waals surface area contributed by atoms with Crippen LogP contribution in [0.15, 0.2) is 12.2 Å². The molecule has 518 valence electrons. The molecular formula is C56H90O34. The smallest absolute Gasteiger partial charge is 0.314 e. The molecule has 1 spiro atoms. The van der Waals surface area contributed by atoms with Crippen LogP contribution in [0.2, 0.25) is 0 Å². The van der Waals surface area contributed by atoms with Crippen LogP contribution in [-0.2, 0) is 66.5 Å². The molecule has 0 aromatic carbocycles. The van der Waals surface area contributed by atoms with E-state index in [0.29, 0.717) is 44.1 Å². The lowest BCUT2D eigenvalue weighted by Crippen LogP contribution is -2.68. The summed E-state index contributed by atoms with van der Waals surface area (Å²) in [6, 6.07) is 0. The minimum absolute atomic E-state index is 0.161. The predicted octanol–water partition coefficient (Wildman–Crippen LogP) is -8.97. The van der Waals surface area contributed by atoms with Gasteiger partial charge in [0.05, 0.1) is 44.1 Å². The lowest BCUT2D eigenvalue weighted by Gasteiger charge is -2.64. The highest BCUT2D eigenvalue weighted by molar-refractivity contribution is 5.77. The number of hydrogen-bond acceptors (Lipinski definition) is 34. The van der Waals surface area contributed by atoms with Crippen molar-refractivity contribution in [2.45, 2.75) is 261 Å². The number of esters is 1. The van der Waals surface area contributed by atoms with Crippen LogP contribution in [0.5, 0.6) is 0 Å². The minimum atomic E-state index is -2.09. The fraction of sp³-hybridized carbons (Fsp3) is 0.946. The van der Waals surface area contributed by atoms with Gasteiger partial charge in [0.2, 0.25) is 6.29 Å². The average molecular weight is 1310 g/mol. The zero-order chi connectivity index (χ0) is 65.4. The number of carbonyl (C=O) groups excluding carboxylic acids is 1. The molecule has 10 fully saturated rings. The number of aliphatic hydroxyl groups excluding tert-OH is 19. The number of aliphatic hydroxyl groups is 19. The van der Waals surface area contributed by atoms with Gasteiger partial charge in [0, 0.05) is 0 Å². The molecule has 32 unspecified atom stereocenters. The highest BCUT2D eigenvalue weighted by atomic mass is 17.1. The molecule has 90 heavy (non-hydrogen) atoms. The molecule has 4 aliphatic carbocycles. The number of rotatable bonds is 19. The van der Waals surface area contributed by atoms with Gasteiger partial charge in [-0.15, -0.1) is 0 Å². The largest absolute Gasteiger partial charge is 0.432 e. The van der Waals surface area contributed by atoms with E-state index in [4.69, 9.17) is 56.8 Å². The number of fused-ring (bicyclic) bond motifs is 3. The predicted molar refractivity (Wildman–Crippen MR) is 286 cm³/mol. The van der Waals surface area contributed by atoms with E-state index in [1.807, 2.05) is 0 Å². The molecule has 10 rings (SSSR count). The second-order valence-electron chi connectivity index (χ2n) is 26.5. The molecule has 34 heteroatoms. The molecule has 34 nitrogen and oxygen atoms in total. The van der Waals surface area contributed by atoms with Crippen molar-refractivity contribution in [3.05, 3.63) is 12.2 Å². The van der Waals surface area contributed by atoms with Crippen molar-refractivity contribution in [3.63, 3.8) is 0 Å². The fourth-order valence-corrected chi connectivity index (χ4v) is 16.5. The Bertz CT molecular complexity index is 2420. The second-order valence-corrected chi connectivity index (χ2v) is 26.5. The van der Waals surface area contributed by atoms with Crippen LogP contribution in [0.1, 0.15) is 71.6 Å². The van der Waals surface area contributed by atoms with Crippen molar-refractivity contribution in [2.24, 2.45) is 28.1 Å². The summed E-state index contributed by atoms with van der Waals surface area (Å²) in [6.45, 7) is 3.12. The first kappa shape index (κ1) is 70.7. The van der Waals surface area contributed by atoms with Gasteiger partial charge in [0.15, 0.2) is 37.6 Å². The van der Waals surface area contributed by atoms with E-state index in [1.165, 1.54) is 0 Å². The number of hydrogen-bond donors (Lipinski definition) is 20. The standard InChI is InChI=1S/C56H90O34/c1-19-11-55-9-5-26-53(2,27(55)6-10-56(19,18-55)90-51-45(88-48-40(74)36(70)30(64)22(14-59)81-48)43(33(67)24(16-61)83-51)86-46-38(72)34(68)28(62)20(12-57)79-46)7-4-8-54(26,3)52(76)89-50-44(87-47-39(73)35(69)29(63)21(13-58)80-47)42(32(66)23(15-60)82-50)85-49-41(75)37(71)31(65)25(84-49)17-78-77/h20-51,57-75,77H,1,4-18H2,2-3H3/t20?,21?,22?,23?,24?,25?,26?,27-,28?,29?,30?,31?,32?,33?,34?,35?,36?,37?,38?,39?,40?,41?,42?,43?,44?,45?,46?,47?,48?,49?,50?,51?,53+,54+,55?,56-/m0/s1. The van der Waals surface area contributed by atoms with Crippen molar-refractivity contribution >= 4 is 5.97 Å². The van der Waals surface area contributed by atoms with E-state index in [2.05, 4.69) is 18.4 Å². The Labute approximate surface area is 515 Å². The van der Waals surface area contributed by atoms with Gasteiger partial charge < -0.3 is 154 Å². The Balaban J connectivity index is 0.922. The Hall–Kier alpha value is -2.07. The van der Waals surface area contributed by atoms with Gasteiger partial charge in [-0.2, -0.15) is 0 Å². The molecule has 0 radical (unpaired) electrons. The summed E-state index contributed by atoms with van der Waals surface area (Å²) in [4.78, 5) is 19.5. The summed E-state index contributed by atoms with van der Waals surface area (Å²) in [7, 11) is 0. The van der Waals surface area contributed by atoms with Crippen molar-refractivity contribution in [3.8, 4) is 0 Å². The lowest BCUT2D eigenvalue weighted by atomic mass is 9.41. The molecule has 20 N–H and O–H groups in total. The highest BCUT2D eigenvalue weighted by Gasteiger charge is 2.70. The Morgan fingerprint density at radius 1 is 0.456 bits per heavy atom. The Morgan fingerprint density at radius 2 is 0.833 bits per heavy atom. The average Bonchev–Trinajstić information content (AvgIpc) is 1.41. The molecule has 36 atom stereocenters. The summed E-state index contributed by atoms with van der Waals surface area (Å²) >= 11 is 0. The summed E-state index contributed by atoms with van der Waals surface area (Å²) < 4.78 is 73.0. The zero-order valence-corrected chi connectivity index (χ0v) is 49.4. The molecule has 6 aliphatic heterocycles. The van der Waals surface area contributed by atoms with E-state index in [1.54, 1.807) is 6.92 Å². The van der Waals surface area contributed by atoms with Gasteiger partial charge in [-0.3, -0.25) is 10.1 Å². The Morgan fingerprint density at radius 3 is 1.28 bits per heavy atom. The van der Waals surface area contributed by atoms with Crippen molar-refractivity contribution in [1.29, 1.82) is 0 Å². The normalized spacial score (nSPS) is 54.0. The third-order valence-electron chi connectivity index (χ3n) is 21.4. The quantitative estimate of drug-likeness (QED) is 0.0188. The zero-order valence-electron chi connectivity index (χ0n) is 49.4.